The minimum atomic E-state index is -1.26. The van der Waals surface area contributed by atoms with Gasteiger partial charge in [0.2, 0.25) is 5.91 Å². The Hall–Kier alpha value is -1.99. The van der Waals surface area contributed by atoms with E-state index < -0.39 is 23.7 Å². The fourth-order valence-electron chi connectivity index (χ4n) is 15.2. The number of hydrogen-bond donors (Lipinski definition) is 3. The molecule has 4 saturated carbocycles. The topological polar surface area (TPSA) is 89.9 Å². The van der Waals surface area contributed by atoms with Gasteiger partial charge in [0, 0.05) is 25.6 Å². The predicted octanol–water partition coefficient (Wildman–Crippen LogP) is 9.44. The first-order valence-corrected chi connectivity index (χ1v) is 21.4. The highest BCUT2D eigenvalue weighted by Crippen LogP contribution is 2.76. The van der Waals surface area contributed by atoms with E-state index in [1.54, 1.807) is 6.92 Å². The summed E-state index contributed by atoms with van der Waals surface area (Å²) in [6, 6.07) is 0. The molecule has 10 unspecified atom stereocenters. The number of rotatable bonds is 8. The first-order valence-electron chi connectivity index (χ1n) is 21.4. The largest absolute Gasteiger partial charge is 0.481 e. The van der Waals surface area contributed by atoms with Crippen molar-refractivity contribution >= 4 is 11.9 Å². The minimum absolute atomic E-state index is 0.0221. The van der Waals surface area contributed by atoms with Gasteiger partial charge in [-0.1, -0.05) is 58.9 Å². The highest BCUT2D eigenvalue weighted by molar-refractivity contribution is 5.75. The quantitative estimate of drug-likeness (QED) is 0.216. The fraction of sp³-hybridized carbons (Fsp3) is 0.826. The van der Waals surface area contributed by atoms with Crippen LogP contribution in [0.3, 0.4) is 0 Å². The summed E-state index contributed by atoms with van der Waals surface area (Å²) < 4.78 is 14.0. The van der Waals surface area contributed by atoms with Crippen molar-refractivity contribution in [2.24, 2.45) is 56.7 Å². The van der Waals surface area contributed by atoms with Gasteiger partial charge in [-0.05, 0) is 172 Å². The maximum Gasteiger partial charge on any atom is 0.312 e. The lowest BCUT2D eigenvalue weighted by Gasteiger charge is -2.72. The molecule has 5 fully saturated rings. The number of carbonyl (C=O) groups excluding carboxylic acids is 1. The third-order valence-electron chi connectivity index (χ3n) is 18.5. The Morgan fingerprint density at radius 2 is 1.60 bits per heavy atom. The van der Waals surface area contributed by atoms with Crippen LogP contribution in [0.1, 0.15) is 145 Å². The van der Waals surface area contributed by atoms with Crippen molar-refractivity contribution in [2.45, 2.75) is 156 Å². The van der Waals surface area contributed by atoms with Crippen LogP contribution >= 0.6 is 0 Å². The third-order valence-corrected chi connectivity index (χ3v) is 18.5. The summed E-state index contributed by atoms with van der Waals surface area (Å²) >= 11 is 0. The summed E-state index contributed by atoms with van der Waals surface area (Å²) in [5.74, 6) is 2.02. The molecule has 1 saturated heterocycles. The SMILES string of the molecule is C=C(C)C1CCC2(NCCC3(O)CCN(C(C)=O)CC3)CCC3(C)C(CCC4C5(C)CC=C(C6=CCC(CF)(C(=O)O)CC6)C(C)(C)C5CCC43C)C12. The molecular weight excluding hydrogens is 664 g/mol. The van der Waals surface area contributed by atoms with Crippen LogP contribution in [-0.2, 0) is 9.59 Å². The van der Waals surface area contributed by atoms with E-state index in [9.17, 15) is 24.2 Å². The van der Waals surface area contributed by atoms with E-state index in [1.807, 2.05) is 4.90 Å². The summed E-state index contributed by atoms with van der Waals surface area (Å²) in [6.07, 6.45) is 18.9. The van der Waals surface area contributed by atoms with Gasteiger partial charge in [0.05, 0.1) is 11.0 Å². The molecule has 7 heteroatoms. The van der Waals surface area contributed by atoms with Crippen LogP contribution in [0.25, 0.3) is 0 Å². The van der Waals surface area contributed by atoms with E-state index in [4.69, 9.17) is 0 Å². The number of amides is 1. The van der Waals surface area contributed by atoms with Crippen LogP contribution in [0.5, 0.6) is 0 Å². The Morgan fingerprint density at radius 3 is 2.21 bits per heavy atom. The van der Waals surface area contributed by atoms with Gasteiger partial charge in [0.1, 0.15) is 6.67 Å². The second-order valence-corrected chi connectivity index (χ2v) is 20.9. The number of carbonyl (C=O) groups is 2. The summed E-state index contributed by atoms with van der Waals surface area (Å²) in [5, 5.41) is 25.5. The van der Waals surface area contributed by atoms with E-state index in [-0.39, 0.29) is 39.5 Å². The molecule has 0 spiro atoms. The van der Waals surface area contributed by atoms with Crippen LogP contribution in [0.2, 0.25) is 0 Å². The number of alkyl halides is 1. The molecule has 1 amide bonds. The van der Waals surface area contributed by atoms with Crippen molar-refractivity contribution in [1.29, 1.82) is 0 Å². The highest BCUT2D eigenvalue weighted by atomic mass is 19.1. The highest BCUT2D eigenvalue weighted by Gasteiger charge is 2.70. The number of halogens is 1. The van der Waals surface area contributed by atoms with Crippen LogP contribution < -0.4 is 5.32 Å². The Kier molecular flexibility index (Phi) is 9.86. The molecule has 3 N–H and O–H groups in total. The monoisotopic (exact) mass is 735 g/mol. The lowest BCUT2D eigenvalue weighted by Crippen LogP contribution is -2.68. The van der Waals surface area contributed by atoms with E-state index in [2.05, 4.69) is 65.6 Å². The molecule has 0 aromatic carbocycles. The summed E-state index contributed by atoms with van der Waals surface area (Å²) in [7, 11) is 0. The van der Waals surface area contributed by atoms with Crippen molar-refractivity contribution in [3.05, 3.63) is 35.5 Å². The molecule has 0 aromatic heterocycles. The average Bonchev–Trinajstić information content (AvgIpc) is 3.48. The molecule has 0 aromatic rings. The maximum atomic E-state index is 14.0. The zero-order valence-corrected chi connectivity index (χ0v) is 34.2. The summed E-state index contributed by atoms with van der Waals surface area (Å²) in [5.41, 5.74) is 2.79. The molecule has 7 rings (SSSR count). The molecular formula is C46H71FN2O4. The number of hydrogen-bond acceptors (Lipinski definition) is 4. The second kappa shape index (κ2) is 13.3. The Bertz CT molecular complexity index is 1560. The Balaban J connectivity index is 1.12. The molecule has 1 aliphatic heterocycles. The smallest absolute Gasteiger partial charge is 0.312 e. The number of piperidine rings is 1. The number of allylic oxidation sites excluding steroid dienone is 5. The van der Waals surface area contributed by atoms with Crippen LogP contribution in [0, 0.1) is 56.7 Å². The number of nitrogens with one attached hydrogen (secondary N) is 1. The van der Waals surface area contributed by atoms with Crippen LogP contribution in [0.15, 0.2) is 35.5 Å². The normalized spacial score (nSPS) is 44.4. The Labute approximate surface area is 319 Å². The van der Waals surface area contributed by atoms with Gasteiger partial charge in [0.15, 0.2) is 0 Å². The van der Waals surface area contributed by atoms with Crippen LogP contribution in [0.4, 0.5) is 4.39 Å². The molecule has 10 atom stereocenters. The van der Waals surface area contributed by atoms with Gasteiger partial charge in [-0.3, -0.25) is 9.59 Å². The Morgan fingerprint density at radius 1 is 0.887 bits per heavy atom. The first-order chi connectivity index (χ1) is 24.8. The molecule has 296 valence electrons. The molecule has 6 nitrogen and oxygen atoms in total. The zero-order valence-electron chi connectivity index (χ0n) is 34.2. The molecule has 0 radical (unpaired) electrons. The van der Waals surface area contributed by atoms with E-state index >= 15 is 0 Å². The van der Waals surface area contributed by atoms with Crippen molar-refractivity contribution in [1.82, 2.24) is 10.2 Å². The number of likely N-dealkylation sites (tertiary alicyclic amines) is 1. The standard InChI is InChI=1S/C46H71FN2O4/c1-30(2)33-13-20-46(48-26-23-45(53)24-27-49(28-25-45)31(3)50)22-21-42(7)35(38(33)46)9-10-37-41(6)16-14-34(40(4,5)36(41)15-17-43(37,42)8)32-11-18-44(29-47,19-12-32)39(51)52/h11,14,33,35-38,48,53H,1,9-10,12-13,15-29H2,2-8H3,(H,51,52). The number of nitrogens with zero attached hydrogens (tertiary/aromatic N) is 1. The van der Waals surface area contributed by atoms with Gasteiger partial charge in [-0.15, -0.1) is 0 Å². The molecule has 7 aliphatic rings. The van der Waals surface area contributed by atoms with Crippen molar-refractivity contribution in [3.8, 4) is 0 Å². The van der Waals surface area contributed by atoms with Crippen molar-refractivity contribution in [3.63, 3.8) is 0 Å². The van der Waals surface area contributed by atoms with Gasteiger partial charge < -0.3 is 20.4 Å². The molecule has 6 aliphatic carbocycles. The molecule has 0 bridgehead atoms. The van der Waals surface area contributed by atoms with Gasteiger partial charge in [-0.2, -0.15) is 0 Å². The summed E-state index contributed by atoms with van der Waals surface area (Å²) in [4.78, 5) is 25.8. The van der Waals surface area contributed by atoms with Gasteiger partial charge in [-0.25, -0.2) is 4.39 Å². The van der Waals surface area contributed by atoms with Gasteiger partial charge in [0.25, 0.3) is 0 Å². The minimum Gasteiger partial charge on any atom is -0.481 e. The van der Waals surface area contributed by atoms with E-state index in [0.717, 1.165) is 19.4 Å². The zero-order chi connectivity index (χ0) is 38.4. The lowest BCUT2D eigenvalue weighted by atomic mass is 9.33. The first kappa shape index (κ1) is 39.3. The summed E-state index contributed by atoms with van der Waals surface area (Å²) in [6.45, 7) is 22.7. The third kappa shape index (κ3) is 5.88. The molecule has 1 heterocycles. The molecule has 53 heavy (non-hydrogen) atoms. The number of carboxylic acids is 1. The number of fused-ring (bicyclic) bond motifs is 7. The second-order valence-electron chi connectivity index (χ2n) is 20.9. The average molecular weight is 735 g/mol. The van der Waals surface area contributed by atoms with Crippen LogP contribution in [-0.4, -0.2) is 64.4 Å². The van der Waals surface area contributed by atoms with Crippen molar-refractivity contribution in [2.75, 3.05) is 26.3 Å². The number of carboxylic acid groups (broad SMARTS) is 1. The van der Waals surface area contributed by atoms with E-state index in [1.165, 1.54) is 68.1 Å². The van der Waals surface area contributed by atoms with Crippen molar-refractivity contribution < 1.29 is 24.2 Å². The van der Waals surface area contributed by atoms with Gasteiger partial charge >= 0.3 is 5.97 Å². The number of aliphatic hydroxyl groups is 1. The fourth-order valence-corrected chi connectivity index (χ4v) is 15.2. The maximum absolute atomic E-state index is 14.0. The van der Waals surface area contributed by atoms with E-state index in [0.29, 0.717) is 68.4 Å². The predicted molar refractivity (Wildman–Crippen MR) is 210 cm³/mol. The lowest BCUT2D eigenvalue weighted by molar-refractivity contribution is -0.221. The number of aliphatic carboxylic acids is 1.